The summed E-state index contributed by atoms with van der Waals surface area (Å²) < 4.78 is 30.7. The molecular weight excluding hydrogens is 842 g/mol. The number of allylic oxidation sites excluding steroid dienone is 2. The molecule has 4 aromatic rings. The maximum atomic E-state index is 14.7. The van der Waals surface area contributed by atoms with E-state index in [2.05, 4.69) is 15.9 Å². The highest BCUT2D eigenvalue weighted by atomic mass is 79.9. The van der Waals surface area contributed by atoms with Gasteiger partial charge >= 0.3 is 0 Å². The number of anilines is 2. The molecule has 0 aromatic heterocycles. The normalized spacial score (nSPS) is 26.7. The van der Waals surface area contributed by atoms with Crippen LogP contribution in [0.5, 0.6) is 23.0 Å². The first-order valence-electron chi connectivity index (χ1n) is 17.9. The summed E-state index contributed by atoms with van der Waals surface area (Å²) in [6, 6.07) is 20.2. The standard InChI is InChI=1S/C43H34BrCl2FN2O8/c1-55-28-14-17-33(56-2)23(18-28)7-4-22-5-10-26(11-6-22)48-38(51)30-16-15-29-32(35(30)39(48)52)21-42(45)40(53)49(27-12-8-25(47)9-13-27)41(54)43(42,46)36(29)31-19-24(44)20-34(57-3)37(31)50/h4-15,17-20,30,32,35-36,50H,16,21H2,1-3H3/t30-,32+,35-,36+,42+,43-/m0/s1. The predicted octanol–water partition coefficient (Wildman–Crippen LogP) is 8.26. The molecule has 4 aliphatic rings. The molecular formula is C43H34BrCl2FN2O8. The highest BCUT2D eigenvalue weighted by Crippen LogP contribution is 2.67. The fourth-order valence-corrected chi connectivity index (χ4v) is 10.2. The lowest BCUT2D eigenvalue weighted by atomic mass is 9.56. The molecule has 8 rings (SSSR count). The van der Waals surface area contributed by atoms with Crippen LogP contribution in [0.2, 0.25) is 0 Å². The van der Waals surface area contributed by atoms with E-state index in [1.807, 2.05) is 18.2 Å². The van der Waals surface area contributed by atoms with E-state index in [1.165, 1.54) is 25.3 Å². The summed E-state index contributed by atoms with van der Waals surface area (Å²) in [5.74, 6) is -6.11. The largest absolute Gasteiger partial charge is 0.504 e. The van der Waals surface area contributed by atoms with E-state index >= 15 is 0 Å². The van der Waals surface area contributed by atoms with Crippen LogP contribution in [0.25, 0.3) is 12.2 Å². The highest BCUT2D eigenvalue weighted by molar-refractivity contribution is 9.10. The van der Waals surface area contributed by atoms with Gasteiger partial charge in [0.15, 0.2) is 21.2 Å². The van der Waals surface area contributed by atoms with Gasteiger partial charge < -0.3 is 19.3 Å². The zero-order valence-electron chi connectivity index (χ0n) is 30.7. The lowest BCUT2D eigenvalue weighted by molar-refractivity contribution is -0.125. The fraction of sp³-hybridized carbons (Fsp3) is 0.256. The molecule has 0 radical (unpaired) electrons. The van der Waals surface area contributed by atoms with Gasteiger partial charge in [-0.2, -0.15) is 0 Å². The number of nitrogens with zero attached hydrogens (tertiary/aromatic N) is 2. The van der Waals surface area contributed by atoms with E-state index < -0.39 is 62.9 Å². The predicted molar refractivity (Wildman–Crippen MR) is 216 cm³/mol. The van der Waals surface area contributed by atoms with Gasteiger partial charge in [-0.1, -0.05) is 51.9 Å². The van der Waals surface area contributed by atoms with Crippen molar-refractivity contribution in [3.8, 4) is 23.0 Å². The third kappa shape index (κ3) is 5.86. The van der Waals surface area contributed by atoms with Crippen LogP contribution in [-0.2, 0) is 19.2 Å². The van der Waals surface area contributed by atoms with Crippen LogP contribution in [0.3, 0.4) is 0 Å². The SMILES string of the molecule is COc1ccc(OC)c(C=Cc2ccc(N3C(=O)[C@H]4[C@H](CC=C5[C@H]4C[C@@]4(Cl)C(=O)N(c6ccc(F)cc6)C(=O)[C@@]4(Cl)[C@H]5c4cc(Br)cc(OC)c4O)C3=O)cc2)c1. The van der Waals surface area contributed by atoms with E-state index in [0.717, 1.165) is 33.1 Å². The van der Waals surface area contributed by atoms with Crippen molar-refractivity contribution < 1.29 is 42.9 Å². The molecule has 292 valence electrons. The molecule has 57 heavy (non-hydrogen) atoms. The number of alkyl halides is 2. The van der Waals surface area contributed by atoms with Crippen LogP contribution in [0.4, 0.5) is 15.8 Å². The first-order chi connectivity index (χ1) is 27.3. The number of benzene rings is 4. The van der Waals surface area contributed by atoms with Crippen molar-refractivity contribution in [2.45, 2.75) is 28.5 Å². The Kier molecular flexibility index (Phi) is 9.73. The van der Waals surface area contributed by atoms with Crippen LogP contribution in [-0.4, -0.2) is 59.8 Å². The second-order valence-corrected chi connectivity index (χ2v) is 16.5. The summed E-state index contributed by atoms with van der Waals surface area (Å²) in [6.45, 7) is 0. The number of methoxy groups -OCH3 is 3. The smallest absolute Gasteiger partial charge is 0.258 e. The van der Waals surface area contributed by atoms with Crippen molar-refractivity contribution in [3.63, 3.8) is 0 Å². The van der Waals surface area contributed by atoms with Gasteiger partial charge in [0, 0.05) is 21.5 Å². The zero-order chi connectivity index (χ0) is 40.6. The number of carbonyl (C=O) groups excluding carboxylic acids is 4. The van der Waals surface area contributed by atoms with Crippen LogP contribution in [0, 0.1) is 23.6 Å². The lowest BCUT2D eigenvalue weighted by Gasteiger charge is -2.50. The third-order valence-electron chi connectivity index (χ3n) is 11.5. The molecule has 10 nitrogen and oxygen atoms in total. The van der Waals surface area contributed by atoms with Gasteiger partial charge in [-0.15, -0.1) is 23.2 Å². The lowest BCUT2D eigenvalue weighted by Crippen LogP contribution is -2.60. The van der Waals surface area contributed by atoms with Crippen molar-refractivity contribution in [1.29, 1.82) is 0 Å². The molecule has 4 amide bonds. The Morgan fingerprint density at radius 1 is 0.789 bits per heavy atom. The van der Waals surface area contributed by atoms with Gasteiger partial charge in [0.05, 0.1) is 44.5 Å². The quantitative estimate of drug-likeness (QED) is 0.0813. The van der Waals surface area contributed by atoms with E-state index in [4.69, 9.17) is 37.4 Å². The molecule has 0 bridgehead atoms. The van der Waals surface area contributed by atoms with Crippen molar-refractivity contribution in [1.82, 2.24) is 0 Å². The molecule has 14 heteroatoms. The number of rotatable bonds is 8. The molecule has 2 aliphatic heterocycles. The number of amides is 4. The number of aromatic hydroxyl groups is 1. The van der Waals surface area contributed by atoms with Crippen LogP contribution in [0.1, 0.15) is 35.4 Å². The molecule has 0 unspecified atom stereocenters. The van der Waals surface area contributed by atoms with Crippen molar-refractivity contribution in [2.75, 3.05) is 31.1 Å². The number of imide groups is 2. The molecule has 1 saturated carbocycles. The Bertz CT molecular complexity index is 2420. The number of hydrogen-bond donors (Lipinski definition) is 1. The van der Waals surface area contributed by atoms with Crippen molar-refractivity contribution in [3.05, 3.63) is 117 Å². The average Bonchev–Trinajstić information content (AvgIpc) is 3.55. The number of halogens is 4. The molecule has 6 atom stereocenters. The van der Waals surface area contributed by atoms with Gasteiger partial charge in [-0.25, -0.2) is 9.29 Å². The Morgan fingerprint density at radius 2 is 1.46 bits per heavy atom. The Morgan fingerprint density at radius 3 is 2.12 bits per heavy atom. The van der Waals surface area contributed by atoms with Crippen LogP contribution >= 0.6 is 39.1 Å². The minimum Gasteiger partial charge on any atom is -0.504 e. The Hall–Kier alpha value is -5.17. The Labute approximate surface area is 345 Å². The minimum absolute atomic E-state index is 0.0460. The summed E-state index contributed by atoms with van der Waals surface area (Å²) in [7, 11) is 4.52. The maximum absolute atomic E-state index is 14.7. The second-order valence-electron chi connectivity index (χ2n) is 14.3. The van der Waals surface area contributed by atoms with Gasteiger partial charge in [0.2, 0.25) is 11.8 Å². The molecule has 2 heterocycles. The molecule has 1 N–H and O–H groups in total. The van der Waals surface area contributed by atoms with Gasteiger partial charge in [-0.3, -0.25) is 24.1 Å². The van der Waals surface area contributed by atoms with Crippen LogP contribution < -0.4 is 24.0 Å². The molecule has 2 aliphatic carbocycles. The highest BCUT2D eigenvalue weighted by Gasteiger charge is 2.77. The maximum Gasteiger partial charge on any atom is 0.258 e. The summed E-state index contributed by atoms with van der Waals surface area (Å²) in [5.41, 5.74) is 2.60. The number of carbonyl (C=O) groups is 4. The number of phenolic OH excluding ortho intramolecular Hbond substituents is 1. The molecule has 2 saturated heterocycles. The number of hydrogen-bond acceptors (Lipinski definition) is 8. The summed E-state index contributed by atoms with van der Waals surface area (Å²) in [6.07, 6.45) is 5.35. The van der Waals surface area contributed by atoms with E-state index in [-0.39, 0.29) is 35.6 Å². The van der Waals surface area contributed by atoms with Crippen LogP contribution in [0.15, 0.2) is 95.0 Å². The minimum atomic E-state index is -2.23. The molecule has 4 aromatic carbocycles. The number of fused-ring (bicyclic) bond motifs is 4. The van der Waals surface area contributed by atoms with Gasteiger partial charge in [0.25, 0.3) is 11.8 Å². The molecule has 3 fully saturated rings. The third-order valence-corrected chi connectivity index (χ3v) is 13.4. The van der Waals surface area contributed by atoms with Gasteiger partial charge in [-0.05, 0) is 91.1 Å². The van der Waals surface area contributed by atoms with E-state index in [0.29, 0.717) is 27.2 Å². The van der Waals surface area contributed by atoms with Gasteiger partial charge in [0.1, 0.15) is 17.3 Å². The van der Waals surface area contributed by atoms with E-state index in [1.54, 1.807) is 62.8 Å². The zero-order valence-corrected chi connectivity index (χ0v) is 33.8. The topological polar surface area (TPSA) is 123 Å². The Balaban J connectivity index is 1.18. The monoisotopic (exact) mass is 874 g/mol. The first kappa shape index (κ1) is 38.7. The fourth-order valence-electron chi connectivity index (χ4n) is 8.86. The number of ether oxygens (including phenoxy) is 3. The summed E-state index contributed by atoms with van der Waals surface area (Å²) in [4.78, 5) is 55.6. The second kappa shape index (κ2) is 14.3. The average molecular weight is 877 g/mol. The molecule has 0 spiro atoms. The van der Waals surface area contributed by atoms with E-state index in [9.17, 15) is 28.7 Å². The number of phenols is 1. The first-order valence-corrected chi connectivity index (χ1v) is 19.5. The summed E-state index contributed by atoms with van der Waals surface area (Å²) >= 11 is 18.4. The van der Waals surface area contributed by atoms with Crippen molar-refractivity contribution in [2.24, 2.45) is 17.8 Å². The summed E-state index contributed by atoms with van der Waals surface area (Å²) in [5, 5.41) is 11.6. The van der Waals surface area contributed by atoms with Crippen molar-refractivity contribution >= 4 is 86.3 Å².